The molecule has 1 N–H and O–H groups in total. The molecule has 1 amide bonds. The summed E-state index contributed by atoms with van der Waals surface area (Å²) in [4.78, 5) is 22.0. The highest BCUT2D eigenvalue weighted by Crippen LogP contribution is 2.35. The predicted molar refractivity (Wildman–Crippen MR) is 148 cm³/mol. The Bertz CT molecular complexity index is 1510. The zero-order valence-electron chi connectivity index (χ0n) is 21.9. The number of ether oxygens (including phenoxy) is 3. The lowest BCUT2D eigenvalue weighted by atomic mass is 9.91. The van der Waals surface area contributed by atoms with E-state index in [1.165, 1.54) is 0 Å². The van der Waals surface area contributed by atoms with Crippen molar-refractivity contribution in [1.29, 1.82) is 0 Å². The van der Waals surface area contributed by atoms with E-state index in [0.717, 1.165) is 22.4 Å². The van der Waals surface area contributed by atoms with Crippen LogP contribution >= 0.6 is 0 Å². The second-order valence-corrected chi connectivity index (χ2v) is 9.06. The maximum atomic E-state index is 13.2. The number of carbonyl (C=O) groups excluding carboxylic acids is 1. The molecule has 1 atom stereocenters. The minimum absolute atomic E-state index is 0.0999. The van der Waals surface area contributed by atoms with Crippen LogP contribution in [-0.4, -0.2) is 34.5 Å². The van der Waals surface area contributed by atoms with Crippen LogP contribution in [0.3, 0.4) is 0 Å². The molecule has 3 heterocycles. The Balaban J connectivity index is 1.47. The molecule has 0 spiro atoms. The summed E-state index contributed by atoms with van der Waals surface area (Å²) in [6, 6.07) is 23.3. The van der Waals surface area contributed by atoms with E-state index < -0.39 is 0 Å². The molecule has 2 aromatic carbocycles. The lowest BCUT2D eigenvalue weighted by Gasteiger charge is -2.19. The van der Waals surface area contributed by atoms with Crippen molar-refractivity contribution in [2.45, 2.75) is 25.5 Å². The highest BCUT2D eigenvalue weighted by Gasteiger charge is 2.24. The number of aromatic nitrogens is 3. The number of pyridine rings is 2. The summed E-state index contributed by atoms with van der Waals surface area (Å²) in [7, 11) is 3.22. The van der Waals surface area contributed by atoms with Gasteiger partial charge in [0.1, 0.15) is 18.1 Å². The van der Waals surface area contributed by atoms with Crippen molar-refractivity contribution in [3.05, 3.63) is 120 Å². The van der Waals surface area contributed by atoms with Gasteiger partial charge in [-0.15, -0.1) is 0 Å². The SMILES string of the molecule is COc1cc(OC)cc(C(CC(=O)NCc2cccnc2)c2cnc3c(OCc4ccccc4)cccn23)c1. The minimum atomic E-state index is -0.331. The standard InChI is InChI=1S/C31H30N4O4/c1-37-25-14-24(15-26(16-25)38-2)27(17-30(36)33-19-23-10-6-12-32-18-23)28-20-34-31-29(11-7-13-35(28)31)39-21-22-8-4-3-5-9-22/h3-16,18,20,27H,17,19,21H2,1-2H3,(H,33,36). The number of hydrogen-bond acceptors (Lipinski definition) is 6. The average Bonchev–Trinajstić information content (AvgIpc) is 3.43. The number of fused-ring (bicyclic) bond motifs is 1. The first-order valence-corrected chi connectivity index (χ1v) is 12.7. The smallest absolute Gasteiger partial charge is 0.221 e. The average molecular weight is 523 g/mol. The Morgan fingerprint density at radius 2 is 1.69 bits per heavy atom. The van der Waals surface area contributed by atoms with Crippen LogP contribution in [-0.2, 0) is 17.9 Å². The third-order valence-corrected chi connectivity index (χ3v) is 6.50. The third-order valence-electron chi connectivity index (χ3n) is 6.50. The quantitative estimate of drug-likeness (QED) is 0.258. The Morgan fingerprint density at radius 3 is 2.41 bits per heavy atom. The molecule has 5 rings (SSSR count). The molecule has 0 fully saturated rings. The minimum Gasteiger partial charge on any atom is -0.497 e. The van der Waals surface area contributed by atoms with Crippen LogP contribution in [0.4, 0.5) is 0 Å². The Hall–Kier alpha value is -4.85. The molecule has 0 bridgehead atoms. The maximum Gasteiger partial charge on any atom is 0.221 e. The molecule has 3 aromatic heterocycles. The first kappa shape index (κ1) is 25.8. The molecular weight excluding hydrogens is 492 g/mol. The molecular formula is C31H30N4O4. The van der Waals surface area contributed by atoms with Gasteiger partial charge < -0.3 is 23.9 Å². The first-order valence-electron chi connectivity index (χ1n) is 12.7. The number of nitrogens with zero attached hydrogens (tertiary/aromatic N) is 3. The van der Waals surface area contributed by atoms with Crippen molar-refractivity contribution in [2.75, 3.05) is 14.2 Å². The maximum absolute atomic E-state index is 13.2. The fraction of sp³-hybridized carbons (Fsp3) is 0.194. The van der Waals surface area contributed by atoms with E-state index in [9.17, 15) is 4.79 Å². The molecule has 0 aliphatic rings. The number of rotatable bonds is 11. The van der Waals surface area contributed by atoms with Crippen molar-refractivity contribution in [2.24, 2.45) is 0 Å². The molecule has 8 heteroatoms. The second-order valence-electron chi connectivity index (χ2n) is 9.06. The van der Waals surface area contributed by atoms with Gasteiger partial charge in [0.2, 0.25) is 5.91 Å². The van der Waals surface area contributed by atoms with Crippen LogP contribution < -0.4 is 19.5 Å². The van der Waals surface area contributed by atoms with E-state index in [2.05, 4.69) is 10.3 Å². The Morgan fingerprint density at radius 1 is 0.923 bits per heavy atom. The summed E-state index contributed by atoms with van der Waals surface area (Å²) < 4.78 is 19.2. The van der Waals surface area contributed by atoms with E-state index >= 15 is 0 Å². The lowest BCUT2D eigenvalue weighted by Crippen LogP contribution is -2.25. The number of imidazole rings is 1. The van der Waals surface area contributed by atoms with Crippen LogP contribution in [0.5, 0.6) is 17.2 Å². The third kappa shape index (κ3) is 6.18. The fourth-order valence-corrected chi connectivity index (χ4v) is 4.49. The van der Waals surface area contributed by atoms with Crippen LogP contribution in [0, 0.1) is 0 Å². The van der Waals surface area contributed by atoms with E-state index in [4.69, 9.17) is 19.2 Å². The largest absolute Gasteiger partial charge is 0.497 e. The molecule has 8 nitrogen and oxygen atoms in total. The zero-order valence-corrected chi connectivity index (χ0v) is 21.9. The molecule has 0 radical (unpaired) electrons. The highest BCUT2D eigenvalue weighted by atomic mass is 16.5. The van der Waals surface area contributed by atoms with Crippen molar-refractivity contribution >= 4 is 11.6 Å². The lowest BCUT2D eigenvalue weighted by molar-refractivity contribution is -0.121. The van der Waals surface area contributed by atoms with Gasteiger partial charge in [-0.2, -0.15) is 0 Å². The second kappa shape index (κ2) is 12.1. The van der Waals surface area contributed by atoms with Gasteiger partial charge in [0.15, 0.2) is 11.4 Å². The summed E-state index contributed by atoms with van der Waals surface area (Å²) in [6.45, 7) is 0.821. The van der Waals surface area contributed by atoms with E-state index in [1.54, 1.807) is 32.8 Å². The van der Waals surface area contributed by atoms with Crippen molar-refractivity contribution < 1.29 is 19.0 Å². The van der Waals surface area contributed by atoms with Gasteiger partial charge in [-0.1, -0.05) is 36.4 Å². The molecule has 0 aliphatic heterocycles. The van der Waals surface area contributed by atoms with Gasteiger partial charge in [-0.3, -0.25) is 9.78 Å². The molecule has 1 unspecified atom stereocenters. The number of methoxy groups -OCH3 is 2. The number of amides is 1. The van der Waals surface area contributed by atoms with E-state index in [0.29, 0.717) is 36.0 Å². The summed E-state index contributed by atoms with van der Waals surface area (Å²) in [5, 5.41) is 3.02. The summed E-state index contributed by atoms with van der Waals surface area (Å²) in [5.74, 6) is 1.52. The van der Waals surface area contributed by atoms with Gasteiger partial charge in [-0.25, -0.2) is 4.98 Å². The summed E-state index contributed by atoms with van der Waals surface area (Å²) >= 11 is 0. The number of nitrogens with one attached hydrogen (secondary N) is 1. The van der Waals surface area contributed by atoms with Gasteiger partial charge in [0, 0.05) is 49.7 Å². The predicted octanol–water partition coefficient (Wildman–Crippen LogP) is 5.16. The van der Waals surface area contributed by atoms with Gasteiger partial charge in [-0.05, 0) is 47.0 Å². The summed E-state index contributed by atoms with van der Waals surface area (Å²) in [5.41, 5.74) is 4.40. The van der Waals surface area contributed by atoms with Gasteiger partial charge >= 0.3 is 0 Å². The normalized spacial score (nSPS) is 11.6. The molecule has 0 saturated heterocycles. The van der Waals surface area contributed by atoms with E-state index in [1.807, 2.05) is 83.4 Å². The van der Waals surface area contributed by atoms with Crippen LogP contribution in [0.25, 0.3) is 5.65 Å². The summed E-state index contributed by atoms with van der Waals surface area (Å²) in [6.07, 6.45) is 7.38. The van der Waals surface area contributed by atoms with Crippen molar-refractivity contribution in [1.82, 2.24) is 19.7 Å². The van der Waals surface area contributed by atoms with Gasteiger partial charge in [0.25, 0.3) is 0 Å². The molecule has 0 saturated carbocycles. The number of hydrogen-bond donors (Lipinski definition) is 1. The Kier molecular flexibility index (Phi) is 8.02. The monoisotopic (exact) mass is 522 g/mol. The first-order chi connectivity index (χ1) is 19.1. The van der Waals surface area contributed by atoms with Crippen LogP contribution in [0.1, 0.15) is 34.7 Å². The highest BCUT2D eigenvalue weighted by molar-refractivity contribution is 5.77. The van der Waals surface area contributed by atoms with Crippen molar-refractivity contribution in [3.63, 3.8) is 0 Å². The topological polar surface area (TPSA) is 87.0 Å². The number of benzene rings is 2. The molecule has 198 valence electrons. The molecule has 0 aliphatic carbocycles. The van der Waals surface area contributed by atoms with Gasteiger partial charge in [0.05, 0.1) is 19.9 Å². The molecule has 39 heavy (non-hydrogen) atoms. The zero-order chi connectivity index (χ0) is 27.0. The molecule has 5 aromatic rings. The van der Waals surface area contributed by atoms with E-state index in [-0.39, 0.29) is 18.2 Å². The van der Waals surface area contributed by atoms with Crippen LogP contribution in [0.15, 0.2) is 97.6 Å². The van der Waals surface area contributed by atoms with Crippen LogP contribution in [0.2, 0.25) is 0 Å². The Labute approximate surface area is 227 Å². The fourth-order valence-electron chi connectivity index (χ4n) is 4.49. The number of carbonyl (C=O) groups is 1. The van der Waals surface area contributed by atoms with Crippen molar-refractivity contribution in [3.8, 4) is 17.2 Å².